The molecular formula is C14H29NO2. The number of hydrogen-bond donors (Lipinski definition) is 0. The number of esters is 1. The van der Waals surface area contributed by atoms with E-state index in [4.69, 9.17) is 4.74 Å². The van der Waals surface area contributed by atoms with Gasteiger partial charge >= 0.3 is 5.97 Å². The number of nitrogens with zero attached hydrogens (tertiary/aromatic N) is 1. The van der Waals surface area contributed by atoms with Crippen molar-refractivity contribution in [2.24, 2.45) is 0 Å². The molecule has 0 aromatic rings. The van der Waals surface area contributed by atoms with E-state index in [0.717, 1.165) is 19.4 Å². The van der Waals surface area contributed by atoms with Crippen LogP contribution in [-0.2, 0) is 9.53 Å². The van der Waals surface area contributed by atoms with E-state index in [1.54, 1.807) is 0 Å². The summed E-state index contributed by atoms with van der Waals surface area (Å²) in [4.78, 5) is 13.8. The highest BCUT2D eigenvalue weighted by Gasteiger charge is 2.17. The minimum absolute atomic E-state index is 0.0871. The smallest absolute Gasteiger partial charge is 0.306 e. The van der Waals surface area contributed by atoms with Crippen molar-refractivity contribution < 1.29 is 9.53 Å². The third kappa shape index (κ3) is 9.16. The second kappa shape index (κ2) is 6.39. The van der Waals surface area contributed by atoms with Crippen molar-refractivity contribution in [2.75, 3.05) is 13.6 Å². The zero-order valence-electron chi connectivity index (χ0n) is 12.6. The van der Waals surface area contributed by atoms with Crippen LogP contribution in [0.4, 0.5) is 0 Å². The molecule has 102 valence electrons. The van der Waals surface area contributed by atoms with Gasteiger partial charge in [-0.2, -0.15) is 0 Å². The van der Waals surface area contributed by atoms with Crippen molar-refractivity contribution in [2.45, 2.75) is 71.9 Å². The monoisotopic (exact) mass is 243 g/mol. The molecule has 0 unspecified atom stereocenters. The minimum Gasteiger partial charge on any atom is -0.460 e. The van der Waals surface area contributed by atoms with Gasteiger partial charge in [-0.3, -0.25) is 4.79 Å². The molecule has 0 aliphatic heterocycles. The Kier molecular flexibility index (Phi) is 6.17. The average molecular weight is 243 g/mol. The zero-order chi connectivity index (χ0) is 13.7. The lowest BCUT2D eigenvalue weighted by Gasteiger charge is -2.31. The van der Waals surface area contributed by atoms with Crippen LogP contribution in [0.15, 0.2) is 0 Å². The summed E-state index contributed by atoms with van der Waals surface area (Å²) in [6.45, 7) is 13.3. The van der Waals surface area contributed by atoms with Crippen molar-refractivity contribution in [1.82, 2.24) is 4.90 Å². The van der Waals surface area contributed by atoms with E-state index in [9.17, 15) is 4.79 Å². The van der Waals surface area contributed by atoms with Crippen molar-refractivity contribution in [3.05, 3.63) is 0 Å². The van der Waals surface area contributed by atoms with Crippen LogP contribution >= 0.6 is 0 Å². The average Bonchev–Trinajstić information content (AvgIpc) is 2.07. The first-order chi connectivity index (χ1) is 7.52. The third-order valence-electron chi connectivity index (χ3n) is 2.69. The van der Waals surface area contributed by atoms with E-state index >= 15 is 0 Å². The number of carbonyl (C=O) groups is 1. The molecule has 0 aliphatic carbocycles. The molecule has 0 fully saturated rings. The van der Waals surface area contributed by atoms with Crippen molar-refractivity contribution in [3.63, 3.8) is 0 Å². The lowest BCUT2D eigenvalue weighted by atomic mass is 10.1. The van der Waals surface area contributed by atoms with Crippen LogP contribution < -0.4 is 0 Å². The molecule has 17 heavy (non-hydrogen) atoms. The van der Waals surface area contributed by atoms with E-state index in [1.807, 2.05) is 20.8 Å². The van der Waals surface area contributed by atoms with Crippen molar-refractivity contribution in [3.8, 4) is 0 Å². The second-order valence-corrected chi connectivity index (χ2v) is 6.64. The Morgan fingerprint density at radius 1 is 1.06 bits per heavy atom. The van der Waals surface area contributed by atoms with Gasteiger partial charge in [0, 0.05) is 12.0 Å². The fourth-order valence-electron chi connectivity index (χ4n) is 1.35. The van der Waals surface area contributed by atoms with Crippen LogP contribution in [-0.4, -0.2) is 35.6 Å². The molecule has 0 aliphatic rings. The summed E-state index contributed by atoms with van der Waals surface area (Å²) in [5.41, 5.74) is -0.162. The van der Waals surface area contributed by atoms with Gasteiger partial charge in [0.15, 0.2) is 0 Å². The molecule has 0 saturated carbocycles. The number of unbranched alkanes of at least 4 members (excludes halogenated alkanes) is 1. The van der Waals surface area contributed by atoms with Gasteiger partial charge in [-0.25, -0.2) is 0 Å². The highest BCUT2D eigenvalue weighted by molar-refractivity contribution is 5.69. The molecule has 0 rings (SSSR count). The molecular weight excluding hydrogens is 214 g/mol. The summed E-state index contributed by atoms with van der Waals surface area (Å²) in [6, 6.07) is 0. The van der Waals surface area contributed by atoms with Crippen LogP contribution in [0, 0.1) is 0 Å². The zero-order valence-corrected chi connectivity index (χ0v) is 12.6. The predicted molar refractivity (Wildman–Crippen MR) is 72.1 cm³/mol. The Morgan fingerprint density at radius 2 is 1.59 bits per heavy atom. The van der Waals surface area contributed by atoms with Crippen LogP contribution in [0.3, 0.4) is 0 Å². The molecule has 0 amide bonds. The molecule has 0 heterocycles. The van der Waals surface area contributed by atoms with Gasteiger partial charge in [0.2, 0.25) is 0 Å². The van der Waals surface area contributed by atoms with Crippen molar-refractivity contribution in [1.29, 1.82) is 0 Å². The minimum atomic E-state index is -0.362. The highest BCUT2D eigenvalue weighted by atomic mass is 16.6. The van der Waals surface area contributed by atoms with Gasteiger partial charge in [0.25, 0.3) is 0 Å². The van der Waals surface area contributed by atoms with Crippen molar-refractivity contribution >= 4 is 5.97 Å². The lowest BCUT2D eigenvalue weighted by Crippen LogP contribution is -2.38. The van der Waals surface area contributed by atoms with E-state index in [-0.39, 0.29) is 17.1 Å². The number of carbonyl (C=O) groups excluding carboxylic acids is 1. The SMILES string of the molecule is CN(CCCCC(=O)OC(C)(C)C)C(C)(C)C. The maximum atomic E-state index is 11.5. The normalized spacial score (nSPS) is 12.9. The topological polar surface area (TPSA) is 29.5 Å². The van der Waals surface area contributed by atoms with E-state index in [0.29, 0.717) is 6.42 Å². The van der Waals surface area contributed by atoms with Gasteiger partial charge < -0.3 is 9.64 Å². The molecule has 0 radical (unpaired) electrons. The van der Waals surface area contributed by atoms with Gasteiger partial charge in [0.05, 0.1) is 0 Å². The molecule has 3 heteroatoms. The fraction of sp³-hybridized carbons (Fsp3) is 0.929. The first-order valence-corrected chi connectivity index (χ1v) is 6.45. The molecule has 0 N–H and O–H groups in total. The molecule has 0 aromatic carbocycles. The number of rotatable bonds is 5. The molecule has 0 atom stereocenters. The molecule has 0 spiro atoms. The Hall–Kier alpha value is -0.570. The summed E-state index contributed by atoms with van der Waals surface area (Å²) in [5.74, 6) is -0.0871. The number of hydrogen-bond acceptors (Lipinski definition) is 3. The Bertz CT molecular complexity index is 236. The van der Waals surface area contributed by atoms with Crippen LogP contribution in [0.25, 0.3) is 0 Å². The van der Waals surface area contributed by atoms with E-state index in [1.165, 1.54) is 0 Å². The van der Waals surface area contributed by atoms with Gasteiger partial charge in [0.1, 0.15) is 5.60 Å². The summed E-state index contributed by atoms with van der Waals surface area (Å²) in [5, 5.41) is 0. The largest absolute Gasteiger partial charge is 0.460 e. The summed E-state index contributed by atoms with van der Waals surface area (Å²) in [7, 11) is 2.12. The fourth-order valence-corrected chi connectivity index (χ4v) is 1.35. The second-order valence-electron chi connectivity index (χ2n) is 6.64. The number of ether oxygens (including phenoxy) is 1. The Balaban J connectivity index is 3.69. The molecule has 3 nitrogen and oxygen atoms in total. The van der Waals surface area contributed by atoms with Crippen LogP contribution in [0.5, 0.6) is 0 Å². The molecule has 0 saturated heterocycles. The summed E-state index contributed by atoms with van der Waals surface area (Å²) >= 11 is 0. The van der Waals surface area contributed by atoms with Gasteiger partial charge in [-0.15, -0.1) is 0 Å². The Morgan fingerprint density at radius 3 is 2.00 bits per heavy atom. The van der Waals surface area contributed by atoms with Gasteiger partial charge in [-0.05, 0) is 68.0 Å². The van der Waals surface area contributed by atoms with Gasteiger partial charge in [-0.1, -0.05) is 0 Å². The first-order valence-electron chi connectivity index (χ1n) is 6.45. The van der Waals surface area contributed by atoms with Crippen LogP contribution in [0.1, 0.15) is 60.8 Å². The van der Waals surface area contributed by atoms with Crippen LogP contribution in [0.2, 0.25) is 0 Å². The highest BCUT2D eigenvalue weighted by Crippen LogP contribution is 2.13. The van der Waals surface area contributed by atoms with E-state index in [2.05, 4.69) is 32.7 Å². The van der Waals surface area contributed by atoms with E-state index < -0.39 is 0 Å². The predicted octanol–water partition coefficient (Wildman–Crippen LogP) is 3.23. The summed E-state index contributed by atoms with van der Waals surface area (Å²) < 4.78 is 5.26. The Labute approximate surface area is 107 Å². The first kappa shape index (κ1) is 16.4. The summed E-state index contributed by atoms with van der Waals surface area (Å²) in [6.07, 6.45) is 2.46. The maximum Gasteiger partial charge on any atom is 0.306 e. The molecule has 0 bridgehead atoms. The quantitative estimate of drug-likeness (QED) is 0.548. The standard InChI is InChI=1S/C14H29NO2/c1-13(2,3)15(7)11-9-8-10-12(16)17-14(4,5)6/h8-11H2,1-7H3. The molecule has 0 aromatic heterocycles. The third-order valence-corrected chi connectivity index (χ3v) is 2.69. The lowest BCUT2D eigenvalue weighted by molar-refractivity contribution is -0.154. The maximum absolute atomic E-state index is 11.5.